The van der Waals surface area contributed by atoms with Crippen molar-refractivity contribution in [2.24, 2.45) is 28.1 Å². The zero-order valence-corrected chi connectivity index (χ0v) is 12.0. The van der Waals surface area contributed by atoms with Crippen molar-refractivity contribution in [3.05, 3.63) is 35.9 Å². The molecule has 4 bridgehead atoms. The van der Waals surface area contributed by atoms with Crippen LogP contribution in [0.2, 0.25) is 0 Å². The molecule has 0 aliphatic heterocycles. The van der Waals surface area contributed by atoms with Gasteiger partial charge < -0.3 is 0 Å². The molecule has 5 rings (SSSR count). The third-order valence-corrected chi connectivity index (χ3v) is 5.49. The Balaban J connectivity index is 1.37. The fraction of sp³-hybridized carbons (Fsp3) is 0.647. The van der Waals surface area contributed by atoms with Crippen LogP contribution in [-0.4, -0.2) is 5.54 Å². The fourth-order valence-corrected chi connectivity index (χ4v) is 5.09. The number of nitrogens with zero attached hydrogens (tertiary/aromatic N) is 2. The van der Waals surface area contributed by atoms with Gasteiger partial charge >= 0.3 is 0 Å². The normalized spacial score (nSPS) is 38.5. The third-order valence-electron chi connectivity index (χ3n) is 5.49. The van der Waals surface area contributed by atoms with Crippen molar-refractivity contribution < 1.29 is 0 Å². The van der Waals surface area contributed by atoms with Crippen LogP contribution in [0, 0.1) is 17.8 Å². The van der Waals surface area contributed by atoms with E-state index in [9.17, 15) is 0 Å². The Morgan fingerprint density at radius 1 is 0.950 bits per heavy atom. The minimum Gasteiger partial charge on any atom is -0.286 e. The zero-order valence-electron chi connectivity index (χ0n) is 12.0. The summed E-state index contributed by atoms with van der Waals surface area (Å²) < 4.78 is 0. The largest absolute Gasteiger partial charge is 0.286 e. The first kappa shape index (κ1) is 12.4. The van der Waals surface area contributed by atoms with Gasteiger partial charge in [-0.25, -0.2) is 0 Å². The second kappa shape index (κ2) is 4.87. The van der Waals surface area contributed by atoms with E-state index in [2.05, 4.69) is 40.0 Å². The van der Waals surface area contributed by atoms with E-state index in [1.807, 2.05) is 6.07 Å². The van der Waals surface area contributed by atoms with Gasteiger partial charge in [0.2, 0.25) is 0 Å². The van der Waals surface area contributed by atoms with E-state index < -0.39 is 0 Å². The molecule has 106 valence electrons. The smallest absolute Gasteiger partial charge is 0.0870 e. The van der Waals surface area contributed by atoms with Gasteiger partial charge in [-0.2, -0.15) is 5.11 Å². The molecule has 3 nitrogen and oxygen atoms in total. The molecule has 4 saturated carbocycles. The van der Waals surface area contributed by atoms with Crippen LogP contribution in [0.4, 0.5) is 0 Å². The average molecular weight is 269 g/mol. The molecule has 0 atom stereocenters. The summed E-state index contributed by atoms with van der Waals surface area (Å²) in [6.07, 6.45) is 8.39. The highest BCUT2D eigenvalue weighted by Gasteiger charge is 2.51. The minimum atomic E-state index is 0.287. The van der Waals surface area contributed by atoms with Crippen molar-refractivity contribution in [2.45, 2.75) is 50.6 Å². The molecule has 0 aromatic heterocycles. The predicted molar refractivity (Wildman–Crippen MR) is 79.0 cm³/mol. The third kappa shape index (κ3) is 2.34. The van der Waals surface area contributed by atoms with Crippen molar-refractivity contribution in [3.63, 3.8) is 0 Å². The van der Waals surface area contributed by atoms with Crippen LogP contribution in [0.1, 0.15) is 44.1 Å². The summed E-state index contributed by atoms with van der Waals surface area (Å²) in [5, 5.41) is 8.66. The van der Waals surface area contributed by atoms with Gasteiger partial charge in [0.1, 0.15) is 0 Å². The minimum absolute atomic E-state index is 0.287. The van der Waals surface area contributed by atoms with Gasteiger partial charge in [0, 0.05) is 0 Å². The van der Waals surface area contributed by atoms with E-state index in [4.69, 9.17) is 0 Å². The summed E-state index contributed by atoms with van der Waals surface area (Å²) in [5.41, 5.74) is 4.97. The number of rotatable bonds is 4. The molecule has 0 unspecified atom stereocenters. The van der Waals surface area contributed by atoms with Gasteiger partial charge in [-0.3, -0.25) is 5.43 Å². The van der Waals surface area contributed by atoms with E-state index in [-0.39, 0.29) is 5.54 Å². The van der Waals surface area contributed by atoms with Gasteiger partial charge in [-0.1, -0.05) is 35.6 Å². The van der Waals surface area contributed by atoms with Gasteiger partial charge in [0.05, 0.1) is 12.1 Å². The molecule has 0 heterocycles. The van der Waals surface area contributed by atoms with Crippen LogP contribution in [0.5, 0.6) is 0 Å². The van der Waals surface area contributed by atoms with Crippen LogP contribution in [0.15, 0.2) is 40.7 Å². The Hall–Kier alpha value is -1.38. The molecule has 4 aliphatic carbocycles. The maximum absolute atomic E-state index is 4.33. The molecule has 3 heteroatoms. The van der Waals surface area contributed by atoms with E-state index in [0.29, 0.717) is 6.54 Å². The second-order valence-electron chi connectivity index (χ2n) is 7.19. The highest BCUT2D eigenvalue weighted by atomic mass is 15.4. The lowest BCUT2D eigenvalue weighted by Crippen LogP contribution is -2.56. The summed E-state index contributed by atoms with van der Waals surface area (Å²) in [7, 11) is 0. The molecule has 1 aromatic carbocycles. The predicted octanol–water partition coefficient (Wildman–Crippen LogP) is 4.11. The standard InChI is InChI=1S/C17H23N3/c1-2-4-13(5-3-1)12-18-20-19-17-9-14-6-15(10-17)8-16(7-14)11-17/h1-5,14-16H,6-12H2,(H,18,19). The summed E-state index contributed by atoms with van der Waals surface area (Å²) in [6.45, 7) is 0.681. The molecule has 1 N–H and O–H groups in total. The molecular weight excluding hydrogens is 246 g/mol. The van der Waals surface area contributed by atoms with Crippen molar-refractivity contribution in [3.8, 4) is 0 Å². The molecule has 1 aromatic rings. The monoisotopic (exact) mass is 269 g/mol. The maximum atomic E-state index is 4.33. The number of nitrogens with one attached hydrogen (secondary N) is 1. The Bertz CT molecular complexity index is 459. The Morgan fingerprint density at radius 2 is 1.55 bits per heavy atom. The van der Waals surface area contributed by atoms with Crippen LogP contribution in [0.25, 0.3) is 0 Å². The molecule has 20 heavy (non-hydrogen) atoms. The number of hydrogen-bond donors (Lipinski definition) is 1. The van der Waals surface area contributed by atoms with E-state index in [1.54, 1.807) is 0 Å². The lowest BCUT2D eigenvalue weighted by molar-refractivity contribution is -0.0204. The van der Waals surface area contributed by atoms with Gasteiger partial charge in [-0.05, 0) is 61.8 Å². The molecule has 0 spiro atoms. The van der Waals surface area contributed by atoms with Crippen molar-refractivity contribution >= 4 is 0 Å². The Labute approximate surface area is 120 Å². The van der Waals surface area contributed by atoms with Crippen LogP contribution in [-0.2, 0) is 6.54 Å². The van der Waals surface area contributed by atoms with Crippen LogP contribution < -0.4 is 5.43 Å². The lowest BCUT2D eigenvalue weighted by Gasteiger charge is -2.56. The lowest BCUT2D eigenvalue weighted by atomic mass is 9.53. The SMILES string of the molecule is c1ccc(CN=NNC23CC4CC(CC(C4)C2)C3)cc1. The van der Waals surface area contributed by atoms with E-state index in [0.717, 1.165) is 17.8 Å². The number of hydrogen-bond acceptors (Lipinski definition) is 2. The average Bonchev–Trinajstić information content (AvgIpc) is 2.43. The Kier molecular flexibility index (Phi) is 3.01. The van der Waals surface area contributed by atoms with Gasteiger partial charge in [0.15, 0.2) is 0 Å². The fourth-order valence-electron chi connectivity index (χ4n) is 5.09. The second-order valence-corrected chi connectivity index (χ2v) is 7.19. The zero-order chi connectivity index (χ0) is 13.4. The summed E-state index contributed by atoms with van der Waals surface area (Å²) in [5.74, 6) is 2.87. The molecule has 0 saturated heterocycles. The summed E-state index contributed by atoms with van der Waals surface area (Å²) >= 11 is 0. The van der Waals surface area contributed by atoms with E-state index >= 15 is 0 Å². The maximum Gasteiger partial charge on any atom is 0.0870 e. The van der Waals surface area contributed by atoms with Gasteiger partial charge in [-0.15, -0.1) is 0 Å². The molecular formula is C17H23N3. The highest BCUT2D eigenvalue weighted by Crippen LogP contribution is 2.55. The molecule has 0 radical (unpaired) electrons. The molecule has 0 amide bonds. The van der Waals surface area contributed by atoms with Crippen LogP contribution >= 0.6 is 0 Å². The van der Waals surface area contributed by atoms with Crippen LogP contribution in [0.3, 0.4) is 0 Å². The summed E-state index contributed by atoms with van der Waals surface area (Å²) in [4.78, 5) is 0. The first-order valence-corrected chi connectivity index (χ1v) is 7.99. The van der Waals surface area contributed by atoms with Crippen molar-refractivity contribution in [1.82, 2.24) is 5.43 Å². The van der Waals surface area contributed by atoms with Gasteiger partial charge in [0.25, 0.3) is 0 Å². The topological polar surface area (TPSA) is 36.8 Å². The first-order chi connectivity index (χ1) is 9.81. The number of benzene rings is 1. The first-order valence-electron chi connectivity index (χ1n) is 7.99. The quantitative estimate of drug-likeness (QED) is 0.648. The van der Waals surface area contributed by atoms with Crippen molar-refractivity contribution in [1.29, 1.82) is 0 Å². The summed E-state index contributed by atoms with van der Waals surface area (Å²) in [6, 6.07) is 10.3. The highest BCUT2D eigenvalue weighted by molar-refractivity contribution is 5.14. The Morgan fingerprint density at radius 3 is 2.15 bits per heavy atom. The molecule has 4 fully saturated rings. The molecule has 4 aliphatic rings. The van der Waals surface area contributed by atoms with Crippen molar-refractivity contribution in [2.75, 3.05) is 0 Å². The van der Waals surface area contributed by atoms with E-state index in [1.165, 1.54) is 44.1 Å².